The molecule has 0 aliphatic carbocycles. The van der Waals surface area contributed by atoms with Crippen LogP contribution in [0.5, 0.6) is 0 Å². The minimum Gasteiger partial charge on any atom is -0.322 e. The summed E-state index contributed by atoms with van der Waals surface area (Å²) < 4.78 is 0.899. The third-order valence-electron chi connectivity index (χ3n) is 3.82. The summed E-state index contributed by atoms with van der Waals surface area (Å²) in [5.74, 6) is -0.229. The van der Waals surface area contributed by atoms with Crippen molar-refractivity contribution < 1.29 is 4.79 Å². The number of aromatic amines is 2. The number of carbonyl (C=O) groups is 1. The van der Waals surface area contributed by atoms with Crippen LogP contribution in [-0.2, 0) is 0 Å². The van der Waals surface area contributed by atoms with Crippen LogP contribution in [0.25, 0.3) is 11.0 Å². The Morgan fingerprint density at radius 1 is 1.04 bits per heavy atom. The maximum atomic E-state index is 12.8. The van der Waals surface area contributed by atoms with Gasteiger partial charge in [0, 0.05) is 21.3 Å². The van der Waals surface area contributed by atoms with Gasteiger partial charge in [0.15, 0.2) is 0 Å². The molecule has 4 aromatic rings. The van der Waals surface area contributed by atoms with Crippen molar-refractivity contribution in [2.75, 3.05) is 5.32 Å². The van der Waals surface area contributed by atoms with Gasteiger partial charge in [-0.2, -0.15) is 0 Å². The molecule has 0 aliphatic rings. The SMILES string of the molecule is O=C(Nc1ccc2[nH]c(=O)[nH]c2c1)c1ccccc1Sc1ccc(Br)cn1. The number of hydrogen-bond donors (Lipinski definition) is 3. The molecule has 0 saturated heterocycles. The first kappa shape index (κ1) is 17.6. The van der Waals surface area contributed by atoms with Crippen molar-refractivity contribution in [2.24, 2.45) is 0 Å². The third-order valence-corrected chi connectivity index (χ3v) is 5.32. The van der Waals surface area contributed by atoms with Crippen molar-refractivity contribution in [2.45, 2.75) is 9.92 Å². The molecule has 6 nitrogen and oxygen atoms in total. The van der Waals surface area contributed by atoms with E-state index in [9.17, 15) is 9.59 Å². The maximum Gasteiger partial charge on any atom is 0.323 e. The van der Waals surface area contributed by atoms with Gasteiger partial charge >= 0.3 is 5.69 Å². The quantitative estimate of drug-likeness (QED) is 0.438. The number of imidazole rings is 1. The van der Waals surface area contributed by atoms with Gasteiger partial charge in [0.05, 0.1) is 16.6 Å². The summed E-state index contributed by atoms with van der Waals surface area (Å²) in [7, 11) is 0. The van der Waals surface area contributed by atoms with Gasteiger partial charge < -0.3 is 15.3 Å². The summed E-state index contributed by atoms with van der Waals surface area (Å²) in [5.41, 5.74) is 2.20. The van der Waals surface area contributed by atoms with Gasteiger partial charge in [-0.3, -0.25) is 4.79 Å². The fourth-order valence-electron chi connectivity index (χ4n) is 2.59. The average molecular weight is 441 g/mol. The minimum atomic E-state index is -0.280. The summed E-state index contributed by atoms with van der Waals surface area (Å²) in [5, 5.41) is 3.67. The van der Waals surface area contributed by atoms with E-state index in [0.717, 1.165) is 14.4 Å². The molecule has 0 radical (unpaired) electrons. The summed E-state index contributed by atoms with van der Waals surface area (Å²) in [6, 6.07) is 16.4. The molecule has 27 heavy (non-hydrogen) atoms. The number of carbonyl (C=O) groups excluding carboxylic acids is 1. The molecule has 4 rings (SSSR count). The molecule has 0 aliphatic heterocycles. The first-order valence-corrected chi connectivity index (χ1v) is 9.61. The van der Waals surface area contributed by atoms with Crippen LogP contribution in [-0.4, -0.2) is 20.9 Å². The van der Waals surface area contributed by atoms with Crippen LogP contribution in [0.15, 0.2) is 80.0 Å². The zero-order valence-electron chi connectivity index (χ0n) is 13.8. The van der Waals surface area contributed by atoms with E-state index in [1.807, 2.05) is 30.3 Å². The van der Waals surface area contributed by atoms with Crippen LogP contribution in [0.1, 0.15) is 10.4 Å². The number of fused-ring (bicyclic) bond motifs is 1. The Hall–Kier alpha value is -2.84. The van der Waals surface area contributed by atoms with Crippen molar-refractivity contribution in [3.63, 3.8) is 0 Å². The van der Waals surface area contributed by atoms with Gasteiger partial charge in [-0.15, -0.1) is 0 Å². The molecule has 134 valence electrons. The van der Waals surface area contributed by atoms with Crippen molar-refractivity contribution in [1.82, 2.24) is 15.0 Å². The van der Waals surface area contributed by atoms with E-state index < -0.39 is 0 Å². The van der Waals surface area contributed by atoms with E-state index in [1.165, 1.54) is 11.8 Å². The number of anilines is 1. The van der Waals surface area contributed by atoms with Crippen LogP contribution in [0.2, 0.25) is 0 Å². The highest BCUT2D eigenvalue weighted by molar-refractivity contribution is 9.10. The molecule has 0 spiro atoms. The second-order valence-corrected chi connectivity index (χ2v) is 7.68. The summed E-state index contributed by atoms with van der Waals surface area (Å²) in [6.45, 7) is 0. The molecule has 3 N–H and O–H groups in total. The Bertz CT molecular complexity index is 1180. The van der Waals surface area contributed by atoms with Gasteiger partial charge in [0.25, 0.3) is 5.91 Å². The van der Waals surface area contributed by atoms with Crippen LogP contribution < -0.4 is 11.0 Å². The number of hydrogen-bond acceptors (Lipinski definition) is 4. The van der Waals surface area contributed by atoms with E-state index in [0.29, 0.717) is 22.3 Å². The maximum absolute atomic E-state index is 12.8. The normalized spacial score (nSPS) is 10.9. The highest BCUT2D eigenvalue weighted by Gasteiger charge is 2.13. The van der Waals surface area contributed by atoms with Crippen LogP contribution >= 0.6 is 27.7 Å². The molecule has 8 heteroatoms. The molecule has 2 aromatic heterocycles. The average Bonchev–Trinajstić information content (AvgIpc) is 3.03. The van der Waals surface area contributed by atoms with E-state index in [2.05, 4.69) is 36.2 Å². The van der Waals surface area contributed by atoms with Crippen molar-refractivity contribution >= 4 is 50.3 Å². The summed E-state index contributed by atoms with van der Waals surface area (Å²) in [6.07, 6.45) is 1.72. The Morgan fingerprint density at radius 2 is 1.85 bits per heavy atom. The van der Waals surface area contributed by atoms with Gasteiger partial charge in [-0.25, -0.2) is 9.78 Å². The van der Waals surface area contributed by atoms with Gasteiger partial charge in [-0.05, 0) is 58.4 Å². The number of nitrogens with one attached hydrogen (secondary N) is 3. The number of nitrogens with zero attached hydrogens (tertiary/aromatic N) is 1. The molecular formula is C19H13BrN4O2S. The van der Waals surface area contributed by atoms with Crippen LogP contribution in [0, 0.1) is 0 Å². The molecule has 0 unspecified atom stereocenters. The Kier molecular flexibility index (Phi) is 4.83. The second kappa shape index (κ2) is 7.42. The van der Waals surface area contributed by atoms with E-state index in [4.69, 9.17) is 0 Å². The zero-order chi connectivity index (χ0) is 18.8. The fraction of sp³-hybridized carbons (Fsp3) is 0. The molecule has 0 bridgehead atoms. The number of H-pyrrole nitrogens is 2. The van der Waals surface area contributed by atoms with Crippen molar-refractivity contribution in [3.05, 3.63) is 81.3 Å². The Balaban J connectivity index is 1.59. The lowest BCUT2D eigenvalue weighted by Gasteiger charge is -2.10. The lowest BCUT2D eigenvalue weighted by molar-refractivity contribution is 0.102. The molecular weight excluding hydrogens is 428 g/mol. The third kappa shape index (κ3) is 3.96. The topological polar surface area (TPSA) is 90.6 Å². The lowest BCUT2D eigenvalue weighted by Crippen LogP contribution is -2.12. The summed E-state index contributed by atoms with van der Waals surface area (Å²) >= 11 is 4.79. The fourth-order valence-corrected chi connectivity index (χ4v) is 3.71. The van der Waals surface area contributed by atoms with Crippen LogP contribution in [0.3, 0.4) is 0 Å². The van der Waals surface area contributed by atoms with Gasteiger partial charge in [0.1, 0.15) is 5.03 Å². The predicted molar refractivity (Wildman–Crippen MR) is 109 cm³/mol. The number of amides is 1. The molecule has 0 fully saturated rings. The first-order valence-electron chi connectivity index (χ1n) is 8.00. The van der Waals surface area contributed by atoms with E-state index in [1.54, 1.807) is 30.5 Å². The lowest BCUT2D eigenvalue weighted by atomic mass is 10.2. The van der Waals surface area contributed by atoms with E-state index >= 15 is 0 Å². The smallest absolute Gasteiger partial charge is 0.322 e. The van der Waals surface area contributed by atoms with Gasteiger partial charge in [-0.1, -0.05) is 23.9 Å². The number of aromatic nitrogens is 3. The van der Waals surface area contributed by atoms with E-state index in [-0.39, 0.29) is 11.6 Å². The molecule has 2 aromatic carbocycles. The Morgan fingerprint density at radius 3 is 2.67 bits per heavy atom. The molecule has 1 amide bonds. The second-order valence-electron chi connectivity index (χ2n) is 5.71. The minimum absolute atomic E-state index is 0.229. The summed E-state index contributed by atoms with van der Waals surface area (Å²) in [4.78, 5) is 34.7. The Labute approximate surface area is 166 Å². The predicted octanol–water partition coefficient (Wildman–Crippen LogP) is 4.42. The first-order chi connectivity index (χ1) is 13.1. The molecule has 0 saturated carbocycles. The van der Waals surface area contributed by atoms with Gasteiger partial charge in [0.2, 0.25) is 0 Å². The highest BCUT2D eigenvalue weighted by atomic mass is 79.9. The zero-order valence-corrected chi connectivity index (χ0v) is 16.2. The highest BCUT2D eigenvalue weighted by Crippen LogP contribution is 2.30. The number of halogens is 1. The monoisotopic (exact) mass is 440 g/mol. The molecule has 0 atom stereocenters. The number of rotatable bonds is 4. The van der Waals surface area contributed by atoms with Crippen LogP contribution in [0.4, 0.5) is 5.69 Å². The largest absolute Gasteiger partial charge is 0.323 e. The number of benzene rings is 2. The number of pyridine rings is 1. The van der Waals surface area contributed by atoms with Crippen molar-refractivity contribution in [1.29, 1.82) is 0 Å². The standard InChI is InChI=1S/C19H13BrN4O2S/c20-11-5-8-17(21-10-11)27-16-4-2-1-3-13(16)18(25)22-12-6-7-14-15(9-12)24-19(26)23-14/h1-10H,(H,22,25)(H2,23,24,26). The molecule has 2 heterocycles. The van der Waals surface area contributed by atoms with Crippen molar-refractivity contribution in [3.8, 4) is 0 Å².